The van der Waals surface area contributed by atoms with Crippen molar-refractivity contribution in [2.75, 3.05) is 11.4 Å². The summed E-state index contributed by atoms with van der Waals surface area (Å²) in [6.07, 6.45) is 3.20. The number of carbonyl (C=O) groups excluding carboxylic acids is 1. The molecule has 0 bridgehead atoms. The summed E-state index contributed by atoms with van der Waals surface area (Å²) in [6, 6.07) is 28.0. The van der Waals surface area contributed by atoms with Crippen LogP contribution in [0.2, 0.25) is 0 Å². The first kappa shape index (κ1) is 17.5. The number of benzene rings is 3. The van der Waals surface area contributed by atoms with Crippen LogP contribution in [0.4, 0.5) is 5.69 Å². The van der Waals surface area contributed by atoms with E-state index in [0.717, 1.165) is 31.4 Å². The highest BCUT2D eigenvalue weighted by molar-refractivity contribution is 5.94. The second kappa shape index (κ2) is 7.79. The summed E-state index contributed by atoms with van der Waals surface area (Å²) in [7, 11) is 0. The normalized spacial score (nSPS) is 16.0. The molecule has 1 aliphatic heterocycles. The van der Waals surface area contributed by atoms with E-state index in [1.165, 1.54) is 22.4 Å². The highest BCUT2D eigenvalue weighted by Crippen LogP contribution is 2.36. The average Bonchev–Trinajstić information content (AvgIpc) is 2.72. The molecule has 1 aliphatic rings. The van der Waals surface area contributed by atoms with Crippen LogP contribution in [0.15, 0.2) is 78.9 Å². The van der Waals surface area contributed by atoms with E-state index in [0.29, 0.717) is 6.04 Å². The number of rotatable bonds is 5. The Kier molecular flexibility index (Phi) is 5.06. The zero-order valence-corrected chi connectivity index (χ0v) is 15.8. The number of Topliss-reactive ketones (excluding diaryl/α,β-unsaturated/α-hetero) is 1. The Morgan fingerprint density at radius 3 is 2.37 bits per heavy atom. The van der Waals surface area contributed by atoms with E-state index in [9.17, 15) is 4.79 Å². The second-order valence-electron chi connectivity index (χ2n) is 7.29. The van der Waals surface area contributed by atoms with Gasteiger partial charge in [0.1, 0.15) is 0 Å². The van der Waals surface area contributed by atoms with Crippen LogP contribution < -0.4 is 4.90 Å². The zero-order valence-electron chi connectivity index (χ0n) is 15.8. The lowest BCUT2D eigenvalue weighted by Crippen LogP contribution is -2.35. The molecule has 0 amide bonds. The van der Waals surface area contributed by atoms with Gasteiger partial charge in [-0.1, -0.05) is 54.6 Å². The predicted molar refractivity (Wildman–Crippen MR) is 111 cm³/mol. The number of ketones is 1. The Labute approximate surface area is 161 Å². The molecule has 0 saturated carbocycles. The van der Waals surface area contributed by atoms with Gasteiger partial charge in [0.15, 0.2) is 5.78 Å². The molecular formula is C25H25NO. The summed E-state index contributed by atoms with van der Waals surface area (Å²) < 4.78 is 0. The van der Waals surface area contributed by atoms with Gasteiger partial charge < -0.3 is 4.90 Å². The van der Waals surface area contributed by atoms with Crippen molar-refractivity contribution < 1.29 is 4.79 Å². The van der Waals surface area contributed by atoms with Crippen LogP contribution in [0.1, 0.15) is 46.4 Å². The van der Waals surface area contributed by atoms with Crippen molar-refractivity contribution in [3.63, 3.8) is 0 Å². The van der Waals surface area contributed by atoms with Crippen molar-refractivity contribution in [2.24, 2.45) is 0 Å². The van der Waals surface area contributed by atoms with Crippen LogP contribution in [-0.4, -0.2) is 12.3 Å². The van der Waals surface area contributed by atoms with Crippen molar-refractivity contribution in [3.8, 4) is 0 Å². The summed E-state index contributed by atoms with van der Waals surface area (Å²) in [5, 5.41) is 0. The Balaban J connectivity index is 1.63. The number of anilines is 1. The summed E-state index contributed by atoms with van der Waals surface area (Å²) in [5.74, 6) is 0.117. The molecule has 4 rings (SSSR count). The van der Waals surface area contributed by atoms with E-state index < -0.39 is 0 Å². The maximum Gasteiger partial charge on any atom is 0.159 e. The average molecular weight is 355 g/mol. The summed E-state index contributed by atoms with van der Waals surface area (Å²) in [6.45, 7) is 2.63. The molecule has 3 aromatic carbocycles. The summed E-state index contributed by atoms with van der Waals surface area (Å²) in [4.78, 5) is 14.1. The predicted octanol–water partition coefficient (Wildman–Crippen LogP) is 5.63. The minimum absolute atomic E-state index is 0.117. The van der Waals surface area contributed by atoms with Crippen molar-refractivity contribution in [2.45, 2.75) is 32.2 Å². The molecule has 0 radical (unpaired) electrons. The van der Waals surface area contributed by atoms with Crippen molar-refractivity contribution in [1.29, 1.82) is 0 Å². The first-order valence-corrected chi connectivity index (χ1v) is 9.72. The van der Waals surface area contributed by atoms with E-state index in [2.05, 4.69) is 71.6 Å². The fraction of sp³-hybridized carbons (Fsp3) is 0.240. The molecule has 0 aliphatic carbocycles. The Morgan fingerprint density at radius 1 is 0.926 bits per heavy atom. The smallest absolute Gasteiger partial charge is 0.159 e. The van der Waals surface area contributed by atoms with Crippen LogP contribution in [0.5, 0.6) is 0 Å². The summed E-state index contributed by atoms with van der Waals surface area (Å²) >= 11 is 0. The van der Waals surface area contributed by atoms with Crippen molar-refractivity contribution in [1.82, 2.24) is 0 Å². The van der Waals surface area contributed by atoms with Gasteiger partial charge in [-0.25, -0.2) is 0 Å². The number of carbonyl (C=O) groups is 1. The molecule has 136 valence electrons. The highest BCUT2D eigenvalue weighted by atomic mass is 16.1. The van der Waals surface area contributed by atoms with Gasteiger partial charge in [-0.3, -0.25) is 4.79 Å². The van der Waals surface area contributed by atoms with E-state index in [1.807, 2.05) is 12.1 Å². The molecule has 0 N–H and O–H groups in total. The molecule has 2 heteroatoms. The van der Waals surface area contributed by atoms with Crippen molar-refractivity contribution >= 4 is 11.5 Å². The topological polar surface area (TPSA) is 20.3 Å². The first-order valence-electron chi connectivity index (χ1n) is 9.72. The third-order valence-electron chi connectivity index (χ3n) is 5.57. The van der Waals surface area contributed by atoms with Crippen LogP contribution in [0.3, 0.4) is 0 Å². The van der Waals surface area contributed by atoms with Gasteiger partial charge in [-0.05, 0) is 67.1 Å². The number of hydrogen-bond donors (Lipinski definition) is 0. The van der Waals surface area contributed by atoms with Gasteiger partial charge in [-0.2, -0.15) is 0 Å². The SMILES string of the molecule is CC(=O)c1ccc(N2CCc3ccccc3C2CCc2ccccc2)cc1. The minimum Gasteiger partial charge on any atom is -0.364 e. The van der Waals surface area contributed by atoms with Crippen molar-refractivity contribution in [3.05, 3.63) is 101 Å². The third-order valence-corrected chi connectivity index (χ3v) is 5.57. The maximum atomic E-state index is 11.6. The number of nitrogens with zero attached hydrogens (tertiary/aromatic N) is 1. The van der Waals surface area contributed by atoms with Crippen LogP contribution in [0.25, 0.3) is 0 Å². The lowest BCUT2D eigenvalue weighted by atomic mass is 9.88. The maximum absolute atomic E-state index is 11.6. The largest absolute Gasteiger partial charge is 0.364 e. The molecular weight excluding hydrogens is 330 g/mol. The second-order valence-corrected chi connectivity index (χ2v) is 7.29. The van der Waals surface area contributed by atoms with Gasteiger partial charge >= 0.3 is 0 Å². The third kappa shape index (κ3) is 3.80. The van der Waals surface area contributed by atoms with Gasteiger partial charge in [0.2, 0.25) is 0 Å². The lowest BCUT2D eigenvalue weighted by molar-refractivity contribution is 0.101. The first-order chi connectivity index (χ1) is 13.2. The monoisotopic (exact) mass is 355 g/mol. The van der Waals surface area contributed by atoms with E-state index >= 15 is 0 Å². The van der Waals surface area contributed by atoms with Crippen LogP contribution >= 0.6 is 0 Å². The molecule has 1 unspecified atom stereocenters. The molecule has 27 heavy (non-hydrogen) atoms. The molecule has 1 atom stereocenters. The molecule has 0 aromatic heterocycles. The van der Waals surface area contributed by atoms with E-state index in [4.69, 9.17) is 0 Å². The zero-order chi connectivity index (χ0) is 18.6. The Morgan fingerprint density at radius 2 is 1.63 bits per heavy atom. The van der Waals surface area contributed by atoms with Gasteiger partial charge in [0.25, 0.3) is 0 Å². The number of hydrogen-bond acceptors (Lipinski definition) is 2. The number of aryl methyl sites for hydroxylation is 1. The quantitative estimate of drug-likeness (QED) is 0.553. The minimum atomic E-state index is 0.117. The molecule has 3 aromatic rings. The van der Waals surface area contributed by atoms with Crippen LogP contribution in [0, 0.1) is 0 Å². The summed E-state index contributed by atoms with van der Waals surface area (Å²) in [5.41, 5.74) is 6.26. The van der Waals surface area contributed by atoms with Gasteiger partial charge in [-0.15, -0.1) is 0 Å². The van der Waals surface area contributed by atoms with Gasteiger partial charge in [0.05, 0.1) is 6.04 Å². The fourth-order valence-corrected chi connectivity index (χ4v) is 4.11. The molecule has 0 saturated heterocycles. The fourth-order valence-electron chi connectivity index (χ4n) is 4.11. The molecule has 0 fully saturated rings. The van der Waals surface area contributed by atoms with E-state index in [1.54, 1.807) is 6.92 Å². The Hall–Kier alpha value is -2.87. The number of fused-ring (bicyclic) bond motifs is 1. The van der Waals surface area contributed by atoms with Gasteiger partial charge in [0, 0.05) is 17.8 Å². The Bertz CT molecular complexity index is 915. The standard InChI is InChI=1S/C25H25NO/c1-19(27)21-12-14-23(15-13-21)26-18-17-22-9-5-6-10-24(22)25(26)16-11-20-7-3-2-4-8-20/h2-10,12-15,25H,11,16-18H2,1H3. The highest BCUT2D eigenvalue weighted by Gasteiger charge is 2.27. The molecule has 2 nitrogen and oxygen atoms in total. The molecule has 1 heterocycles. The van der Waals surface area contributed by atoms with E-state index in [-0.39, 0.29) is 5.78 Å². The molecule has 0 spiro atoms. The van der Waals surface area contributed by atoms with Crippen LogP contribution in [-0.2, 0) is 12.8 Å². The lowest BCUT2D eigenvalue weighted by Gasteiger charge is -2.39.